The van der Waals surface area contributed by atoms with Crippen LogP contribution in [0.2, 0.25) is 10.0 Å². The Morgan fingerprint density at radius 2 is 1.00 bits per heavy atom. The molecular formula is C45H51Cl2N4O7PS2. The molecule has 0 aliphatic rings. The van der Waals surface area contributed by atoms with E-state index < -0.39 is 27.3 Å². The van der Waals surface area contributed by atoms with Crippen molar-refractivity contribution in [2.24, 2.45) is 0 Å². The van der Waals surface area contributed by atoms with Gasteiger partial charge in [0.15, 0.2) is 19.7 Å². The molecule has 4 heterocycles. The zero-order chi connectivity index (χ0) is 42.8. The fraction of sp³-hybridized carbons (Fsp3) is 0.244. The number of halogens is 2. The molecule has 0 radical (unpaired) electrons. The molecule has 0 spiro atoms. The van der Waals surface area contributed by atoms with E-state index in [0.717, 1.165) is 50.5 Å². The predicted octanol–water partition coefficient (Wildman–Crippen LogP) is 11.8. The van der Waals surface area contributed by atoms with Gasteiger partial charge in [-0.3, -0.25) is 24.5 Å². The average molecular weight is 926 g/mol. The molecule has 16 heteroatoms. The number of sulfone groups is 2. The van der Waals surface area contributed by atoms with Crippen molar-refractivity contribution in [3.63, 3.8) is 0 Å². The number of allylic oxidation sites excluding steroid dienone is 1. The molecule has 0 saturated heterocycles. The van der Waals surface area contributed by atoms with Gasteiger partial charge < -0.3 is 9.05 Å². The van der Waals surface area contributed by atoms with Crippen LogP contribution in [0.3, 0.4) is 0 Å². The molecule has 0 N–H and O–H groups in total. The summed E-state index contributed by atoms with van der Waals surface area (Å²) >= 11 is 12.3. The second-order valence-electron chi connectivity index (χ2n) is 13.2. The minimum Gasteiger partial charge on any atom is -0.309 e. The molecule has 11 nitrogen and oxygen atoms in total. The van der Waals surface area contributed by atoms with E-state index in [-0.39, 0.29) is 49.8 Å². The van der Waals surface area contributed by atoms with Crippen molar-refractivity contribution in [1.82, 2.24) is 19.9 Å². The highest BCUT2D eigenvalue weighted by molar-refractivity contribution is 7.91. The van der Waals surface area contributed by atoms with Gasteiger partial charge in [-0.05, 0) is 99.5 Å². The number of hydrogen-bond acceptors (Lipinski definition) is 11. The SMILES string of the molecule is C.C.CCOP(=O)(C/C=C/CS(=O)(=O)c1ccc(-c2cc(Cl)cnc2-c2ccc(C)nc2)cc1)OCC.Cc1ccc(-c2ncc(Cl)cc2-c2ccc(S(C)(=O)=O)cc2)cn1. The molecule has 4 aromatic heterocycles. The quantitative estimate of drug-likeness (QED) is 0.0757. The largest absolute Gasteiger partial charge is 0.334 e. The molecule has 61 heavy (non-hydrogen) atoms. The molecule has 6 rings (SSSR count). The van der Waals surface area contributed by atoms with Gasteiger partial charge in [-0.25, -0.2) is 16.8 Å². The summed E-state index contributed by atoms with van der Waals surface area (Å²) in [6.07, 6.45) is 10.9. The molecule has 0 aliphatic carbocycles. The van der Waals surface area contributed by atoms with Gasteiger partial charge in [0.2, 0.25) is 0 Å². The average Bonchev–Trinajstić information content (AvgIpc) is 3.20. The third kappa shape index (κ3) is 14.0. The fourth-order valence-corrected chi connectivity index (χ4v) is 9.31. The maximum Gasteiger partial charge on any atom is 0.334 e. The molecule has 0 amide bonds. The third-order valence-electron chi connectivity index (χ3n) is 8.66. The minimum atomic E-state index is -3.59. The van der Waals surface area contributed by atoms with Crippen LogP contribution in [0.5, 0.6) is 0 Å². The molecule has 324 valence electrons. The zero-order valence-electron chi connectivity index (χ0n) is 33.0. The van der Waals surface area contributed by atoms with Crippen molar-refractivity contribution in [2.75, 3.05) is 31.4 Å². The number of nitrogens with zero attached hydrogens (tertiary/aromatic N) is 4. The summed E-state index contributed by atoms with van der Waals surface area (Å²) in [6, 6.07) is 24.6. The van der Waals surface area contributed by atoms with Gasteiger partial charge in [0.05, 0.1) is 56.4 Å². The van der Waals surface area contributed by atoms with Gasteiger partial charge in [0, 0.05) is 64.7 Å². The minimum absolute atomic E-state index is 0. The Morgan fingerprint density at radius 1 is 0.590 bits per heavy atom. The van der Waals surface area contributed by atoms with E-state index in [9.17, 15) is 21.4 Å². The molecule has 0 fully saturated rings. The van der Waals surface area contributed by atoms with E-state index in [4.69, 9.17) is 32.2 Å². The molecule has 0 bridgehead atoms. The highest BCUT2D eigenvalue weighted by atomic mass is 35.5. The Morgan fingerprint density at radius 3 is 1.38 bits per heavy atom. The molecule has 0 aliphatic heterocycles. The molecular weight excluding hydrogens is 875 g/mol. The number of aryl methyl sites for hydroxylation is 2. The van der Waals surface area contributed by atoms with Crippen molar-refractivity contribution < 1.29 is 30.4 Å². The first-order valence-corrected chi connectivity index (χ1v) is 24.4. The maximum atomic E-state index is 12.8. The molecule has 0 unspecified atom stereocenters. The van der Waals surface area contributed by atoms with E-state index in [1.165, 1.54) is 18.4 Å². The van der Waals surface area contributed by atoms with Crippen LogP contribution in [0.1, 0.15) is 40.1 Å². The van der Waals surface area contributed by atoms with Crippen LogP contribution in [0, 0.1) is 13.8 Å². The summed E-state index contributed by atoms with van der Waals surface area (Å²) in [4.78, 5) is 18.0. The van der Waals surface area contributed by atoms with Gasteiger partial charge in [-0.1, -0.05) is 74.5 Å². The Bertz CT molecular complexity index is 2670. The normalized spacial score (nSPS) is 11.6. The smallest absolute Gasteiger partial charge is 0.309 e. The Hall–Kier alpha value is -4.59. The molecule has 0 saturated carbocycles. The molecule has 0 atom stereocenters. The van der Waals surface area contributed by atoms with Crippen LogP contribution in [0.25, 0.3) is 44.8 Å². The third-order valence-corrected chi connectivity index (χ3v) is 13.8. The van der Waals surface area contributed by atoms with Crippen LogP contribution in [-0.4, -0.2) is 68.2 Å². The molecule has 6 aromatic rings. The number of aromatic nitrogens is 4. The van der Waals surface area contributed by atoms with Crippen molar-refractivity contribution in [2.45, 2.75) is 52.3 Å². The Labute approximate surface area is 370 Å². The number of rotatable bonds is 14. The summed E-state index contributed by atoms with van der Waals surface area (Å²) in [5.41, 5.74) is 8.20. The van der Waals surface area contributed by atoms with Crippen LogP contribution in [0.15, 0.2) is 132 Å². The van der Waals surface area contributed by atoms with Gasteiger partial charge in [0.1, 0.15) is 0 Å². The lowest BCUT2D eigenvalue weighted by molar-refractivity contribution is 0.222. The fourth-order valence-electron chi connectivity index (χ4n) is 5.75. The Kier molecular flexibility index (Phi) is 18.7. The van der Waals surface area contributed by atoms with Gasteiger partial charge >= 0.3 is 7.60 Å². The van der Waals surface area contributed by atoms with E-state index in [0.29, 0.717) is 15.7 Å². The van der Waals surface area contributed by atoms with E-state index >= 15 is 0 Å². The summed E-state index contributed by atoms with van der Waals surface area (Å²) in [6.45, 7) is 7.78. The van der Waals surface area contributed by atoms with Gasteiger partial charge in [-0.15, -0.1) is 0 Å². The standard InChI is InChI=1S/C25H28ClN2O5PS.C18H15ClN2O2S.2CH4/c1-4-32-34(29,33-5-2)14-6-7-15-35(30,31)23-12-10-20(11-13-23)24-16-22(26)18-28-25(24)21-9-8-19(3)27-17-21;1-12-3-4-14(10-20-12)18-17(9-15(19)11-21-18)13-5-7-16(8-6-13)24(2,22)23;;/h6-13,16-18H,4-5,14-15H2,1-3H3;3-11H,1-2H3;2*1H4/b7-6+;;;. The van der Waals surface area contributed by atoms with E-state index in [1.807, 2.05) is 44.2 Å². The maximum absolute atomic E-state index is 12.8. The number of hydrogen-bond donors (Lipinski definition) is 0. The zero-order valence-corrected chi connectivity index (χ0v) is 37.1. The van der Waals surface area contributed by atoms with Crippen molar-refractivity contribution in [1.29, 1.82) is 0 Å². The second kappa shape index (κ2) is 22.5. The predicted molar refractivity (Wildman–Crippen MR) is 249 cm³/mol. The van der Waals surface area contributed by atoms with Crippen LogP contribution < -0.4 is 0 Å². The summed E-state index contributed by atoms with van der Waals surface area (Å²) in [7, 11) is -10.1. The van der Waals surface area contributed by atoms with Crippen molar-refractivity contribution in [3.05, 3.63) is 143 Å². The highest BCUT2D eigenvalue weighted by Gasteiger charge is 2.22. The lowest BCUT2D eigenvalue weighted by atomic mass is 10.0. The van der Waals surface area contributed by atoms with Gasteiger partial charge in [-0.2, -0.15) is 0 Å². The first kappa shape index (κ1) is 50.8. The first-order valence-electron chi connectivity index (χ1n) is 18.4. The number of benzene rings is 2. The van der Waals surface area contributed by atoms with Crippen LogP contribution in [-0.2, 0) is 33.3 Å². The van der Waals surface area contributed by atoms with Crippen LogP contribution >= 0.6 is 30.8 Å². The lowest BCUT2D eigenvalue weighted by Gasteiger charge is -2.14. The Balaban J connectivity index is 0.000000335. The summed E-state index contributed by atoms with van der Waals surface area (Å²) < 4.78 is 71.7. The monoisotopic (exact) mass is 924 g/mol. The first-order chi connectivity index (χ1) is 28.0. The number of pyridine rings is 4. The van der Waals surface area contributed by atoms with Crippen molar-refractivity contribution >= 4 is 50.5 Å². The lowest BCUT2D eigenvalue weighted by Crippen LogP contribution is -2.05. The van der Waals surface area contributed by atoms with Crippen LogP contribution in [0.4, 0.5) is 0 Å². The molecule has 2 aromatic carbocycles. The van der Waals surface area contributed by atoms with Crippen molar-refractivity contribution in [3.8, 4) is 44.8 Å². The highest BCUT2D eigenvalue weighted by Crippen LogP contribution is 2.48. The summed E-state index contributed by atoms with van der Waals surface area (Å²) in [5.74, 6) is -0.233. The topological polar surface area (TPSA) is 155 Å². The van der Waals surface area contributed by atoms with E-state index in [2.05, 4.69) is 19.9 Å². The van der Waals surface area contributed by atoms with Gasteiger partial charge in [0.25, 0.3) is 0 Å². The summed E-state index contributed by atoms with van der Waals surface area (Å²) in [5, 5.41) is 0.989. The van der Waals surface area contributed by atoms with E-state index in [1.54, 1.807) is 93.2 Å². The second-order valence-corrected chi connectivity index (χ2v) is 20.2.